The Morgan fingerprint density at radius 3 is 2.49 bits per heavy atom. The molecule has 0 radical (unpaired) electrons. The number of pyridine rings is 1. The Morgan fingerprint density at radius 1 is 1.05 bits per heavy atom. The molecule has 5 rings (SSSR count). The molecule has 2 aromatic carbocycles. The summed E-state index contributed by atoms with van der Waals surface area (Å²) in [5, 5.41) is 25.9. The van der Waals surface area contributed by atoms with E-state index in [1.54, 1.807) is 5.01 Å². The number of H-pyrrole nitrogens is 1. The quantitative estimate of drug-likeness (QED) is 0.328. The normalized spacial score (nSPS) is 16.4. The Hall–Kier alpha value is -4.55. The van der Waals surface area contributed by atoms with Gasteiger partial charge in [-0.25, -0.2) is 14.9 Å². The highest BCUT2D eigenvalue weighted by atomic mass is 32.2. The molecule has 0 aliphatic carbocycles. The number of aliphatic imine (C=N–C) groups is 1. The molecule has 2 aromatic heterocycles. The zero-order valence-electron chi connectivity index (χ0n) is 19.9. The topological polar surface area (TPSA) is 149 Å². The zero-order chi connectivity index (χ0) is 25.9. The molecule has 1 aliphatic rings. The molecule has 0 fully saturated rings. The number of amides is 1. The van der Waals surface area contributed by atoms with Crippen molar-refractivity contribution in [2.75, 3.05) is 11.3 Å². The number of aromatic nitrogens is 5. The summed E-state index contributed by atoms with van der Waals surface area (Å²) in [5.41, 5.74) is 6.74. The maximum absolute atomic E-state index is 13.1. The van der Waals surface area contributed by atoms with Crippen LogP contribution in [-0.2, 0) is 0 Å². The van der Waals surface area contributed by atoms with Crippen molar-refractivity contribution in [1.29, 1.82) is 0 Å². The smallest absolute Gasteiger partial charge is 0.338 e. The zero-order valence-corrected chi connectivity index (χ0v) is 20.7. The molecule has 0 saturated heterocycles. The number of nitrogens with zero attached hydrogens (tertiary/aromatic N) is 6. The van der Waals surface area contributed by atoms with Crippen molar-refractivity contribution in [1.82, 2.24) is 31.0 Å². The lowest BCUT2D eigenvalue weighted by atomic mass is 9.99. The molecule has 0 bridgehead atoms. The number of hydrogen-bond donors (Lipinski definition) is 3. The molecular formula is C25H22N8O3S. The summed E-state index contributed by atoms with van der Waals surface area (Å²) in [6, 6.07) is 17.0. The minimum Gasteiger partial charge on any atom is -0.478 e. The molecule has 3 heterocycles. The van der Waals surface area contributed by atoms with Crippen LogP contribution in [0, 0.1) is 0 Å². The summed E-state index contributed by atoms with van der Waals surface area (Å²) in [4.78, 5) is 33.9. The van der Waals surface area contributed by atoms with E-state index in [-0.39, 0.29) is 11.1 Å². The van der Waals surface area contributed by atoms with E-state index in [1.807, 2.05) is 61.7 Å². The number of rotatable bonds is 6. The second kappa shape index (κ2) is 10.2. The van der Waals surface area contributed by atoms with E-state index in [0.29, 0.717) is 11.0 Å². The molecule has 1 unspecified atom stereocenters. The summed E-state index contributed by atoms with van der Waals surface area (Å²) < 4.78 is 0. The minimum atomic E-state index is -1.23. The van der Waals surface area contributed by atoms with Gasteiger partial charge in [-0.15, -0.1) is 15.6 Å². The largest absolute Gasteiger partial charge is 0.478 e. The number of benzene rings is 2. The number of aromatic carboxylic acids is 1. The summed E-state index contributed by atoms with van der Waals surface area (Å²) in [6.07, 6.45) is 5.26. The minimum absolute atomic E-state index is 0.00856. The third-order valence-electron chi connectivity index (χ3n) is 5.84. The van der Waals surface area contributed by atoms with Gasteiger partial charge in [0, 0.05) is 22.9 Å². The number of nitrogens with one attached hydrogen (secondary N) is 2. The van der Waals surface area contributed by atoms with Gasteiger partial charge in [-0.05, 0) is 52.4 Å². The molecule has 1 atom stereocenters. The third kappa shape index (κ3) is 4.67. The fraction of sp³-hybridized carbons (Fsp3) is 0.120. The first-order valence-corrected chi connectivity index (χ1v) is 12.9. The average molecular weight is 515 g/mol. The lowest BCUT2D eigenvalue weighted by Crippen LogP contribution is -2.39. The number of carbonyl (C=O) groups is 2. The second-order valence-corrected chi connectivity index (χ2v) is 9.88. The maximum atomic E-state index is 13.1. The van der Waals surface area contributed by atoms with E-state index in [2.05, 4.69) is 36.0 Å². The van der Waals surface area contributed by atoms with Gasteiger partial charge in [-0.2, -0.15) is 10.4 Å². The number of carboxylic acid groups (broad SMARTS) is 1. The third-order valence-corrected chi connectivity index (χ3v) is 7.78. The first-order chi connectivity index (χ1) is 18.0. The molecule has 11 nitrogen and oxygen atoms in total. The summed E-state index contributed by atoms with van der Waals surface area (Å²) in [7, 11) is -0.485. The molecule has 12 heteroatoms. The van der Waals surface area contributed by atoms with E-state index in [9.17, 15) is 14.7 Å². The van der Waals surface area contributed by atoms with Crippen molar-refractivity contribution in [2.24, 2.45) is 4.99 Å². The van der Waals surface area contributed by atoms with Crippen LogP contribution in [0.25, 0.3) is 22.5 Å². The van der Waals surface area contributed by atoms with E-state index < -0.39 is 22.4 Å². The van der Waals surface area contributed by atoms with Crippen molar-refractivity contribution in [3.8, 4) is 22.5 Å². The number of carboxylic acids is 1. The summed E-state index contributed by atoms with van der Waals surface area (Å²) in [6.45, 7) is 2.03. The predicted octanol–water partition coefficient (Wildman–Crippen LogP) is 3.59. The SMILES string of the molecule is CCC1=S(C)C(=NC(=O)c2ccncc2C(=O)O)N(c2ccc(-c3ccccc3-c3nnn[nH]3)cc2)N1. The molecule has 1 amide bonds. The molecule has 37 heavy (non-hydrogen) atoms. The molecule has 0 spiro atoms. The molecule has 186 valence electrons. The van der Waals surface area contributed by atoms with Crippen LogP contribution in [0.2, 0.25) is 0 Å². The van der Waals surface area contributed by atoms with E-state index in [0.717, 1.165) is 40.0 Å². The summed E-state index contributed by atoms with van der Waals surface area (Å²) >= 11 is 0. The second-order valence-electron chi connectivity index (χ2n) is 8.00. The molecular weight excluding hydrogens is 492 g/mol. The van der Waals surface area contributed by atoms with Crippen LogP contribution < -0.4 is 10.4 Å². The number of hydrazine groups is 1. The van der Waals surface area contributed by atoms with E-state index in [4.69, 9.17) is 0 Å². The fourth-order valence-corrected chi connectivity index (χ4v) is 5.51. The van der Waals surface area contributed by atoms with Crippen LogP contribution in [0.3, 0.4) is 0 Å². The fourth-order valence-electron chi connectivity index (χ4n) is 3.98. The van der Waals surface area contributed by atoms with E-state index >= 15 is 0 Å². The van der Waals surface area contributed by atoms with Crippen LogP contribution in [-0.4, -0.2) is 59.0 Å². The van der Waals surface area contributed by atoms with Gasteiger partial charge >= 0.3 is 5.97 Å². The van der Waals surface area contributed by atoms with Crippen molar-refractivity contribution in [3.63, 3.8) is 0 Å². The van der Waals surface area contributed by atoms with Crippen molar-refractivity contribution >= 4 is 38.2 Å². The lowest BCUT2D eigenvalue weighted by molar-refractivity contribution is 0.0691. The van der Waals surface area contributed by atoms with Gasteiger partial charge in [0.15, 0.2) is 11.0 Å². The molecule has 1 aliphatic heterocycles. The summed E-state index contributed by atoms with van der Waals surface area (Å²) in [5.74, 6) is -1.29. The van der Waals surface area contributed by atoms with Gasteiger partial charge in [0.05, 0.1) is 16.8 Å². The number of hydrogen-bond acceptors (Lipinski definition) is 7. The highest BCUT2D eigenvalue weighted by molar-refractivity contribution is 8.28. The number of carbonyl (C=O) groups excluding carboxylic acids is 1. The van der Waals surface area contributed by atoms with Crippen LogP contribution in [0.15, 0.2) is 72.0 Å². The Bertz CT molecular complexity index is 1550. The van der Waals surface area contributed by atoms with Crippen molar-refractivity contribution in [2.45, 2.75) is 13.3 Å². The molecule has 4 aromatic rings. The highest BCUT2D eigenvalue weighted by Gasteiger charge is 2.27. The monoisotopic (exact) mass is 514 g/mol. The Morgan fingerprint density at radius 2 is 1.81 bits per heavy atom. The Labute approximate surface area is 214 Å². The first kappa shape index (κ1) is 24.2. The van der Waals surface area contributed by atoms with Crippen LogP contribution in [0.4, 0.5) is 5.69 Å². The maximum Gasteiger partial charge on any atom is 0.338 e. The lowest BCUT2D eigenvalue weighted by Gasteiger charge is -2.20. The first-order valence-electron chi connectivity index (χ1n) is 11.3. The van der Waals surface area contributed by atoms with Crippen molar-refractivity contribution < 1.29 is 14.7 Å². The standard InChI is InChI=1S/C25H22N8O3S/c1-3-21-30-33(25(37(21)2)27-23(34)19-12-13-26-14-20(19)24(35)36)16-10-8-15(9-11-16)17-6-4-5-7-18(17)22-28-31-32-29-22/h4-14,30H,3H2,1-2H3,(H,35,36)(H,28,29,31,32). The van der Waals surface area contributed by atoms with Gasteiger partial charge in [0.2, 0.25) is 0 Å². The van der Waals surface area contributed by atoms with Gasteiger partial charge in [-0.3, -0.25) is 9.78 Å². The Balaban J connectivity index is 1.50. The Kier molecular flexibility index (Phi) is 6.66. The van der Waals surface area contributed by atoms with E-state index in [1.165, 1.54) is 12.3 Å². The van der Waals surface area contributed by atoms with Gasteiger partial charge < -0.3 is 5.11 Å². The molecule has 3 N–H and O–H groups in total. The highest BCUT2D eigenvalue weighted by Crippen LogP contribution is 2.33. The van der Waals surface area contributed by atoms with Crippen LogP contribution in [0.5, 0.6) is 0 Å². The average Bonchev–Trinajstić information content (AvgIpc) is 3.57. The van der Waals surface area contributed by atoms with Gasteiger partial charge in [-0.1, -0.05) is 43.3 Å². The number of tetrazole rings is 1. The molecule has 0 saturated carbocycles. The van der Waals surface area contributed by atoms with Crippen LogP contribution >= 0.6 is 10.5 Å². The van der Waals surface area contributed by atoms with Gasteiger partial charge in [0.1, 0.15) is 0 Å². The number of anilines is 1. The van der Waals surface area contributed by atoms with Crippen molar-refractivity contribution in [3.05, 3.63) is 78.1 Å². The number of aromatic amines is 1. The van der Waals surface area contributed by atoms with Crippen LogP contribution in [0.1, 0.15) is 34.1 Å². The van der Waals surface area contributed by atoms with Gasteiger partial charge in [0.25, 0.3) is 5.91 Å². The number of amidine groups is 1. The predicted molar refractivity (Wildman–Crippen MR) is 142 cm³/mol.